The first kappa shape index (κ1) is 15.1. The molecule has 0 saturated carbocycles. The third kappa shape index (κ3) is 5.61. The number of aromatic nitrogens is 1. The van der Waals surface area contributed by atoms with Crippen LogP contribution in [0, 0.1) is 5.92 Å². The van der Waals surface area contributed by atoms with Crippen LogP contribution in [0.4, 0.5) is 0 Å². The smallest absolute Gasteiger partial charge is 0.0544 e. The van der Waals surface area contributed by atoms with Crippen molar-refractivity contribution in [3.8, 4) is 0 Å². The van der Waals surface area contributed by atoms with Gasteiger partial charge in [-0.05, 0) is 31.1 Å². The van der Waals surface area contributed by atoms with Gasteiger partial charge >= 0.3 is 0 Å². The molecular formula is C15H27N3. The Kier molecular flexibility index (Phi) is 6.91. The van der Waals surface area contributed by atoms with Crippen LogP contribution in [-0.2, 0) is 13.1 Å². The van der Waals surface area contributed by atoms with E-state index in [0.717, 1.165) is 37.8 Å². The van der Waals surface area contributed by atoms with Gasteiger partial charge in [-0.2, -0.15) is 0 Å². The quantitative estimate of drug-likeness (QED) is 0.768. The predicted octanol–water partition coefficient (Wildman–Crippen LogP) is 2.67. The van der Waals surface area contributed by atoms with Crippen LogP contribution >= 0.6 is 0 Å². The van der Waals surface area contributed by atoms with Crippen molar-refractivity contribution in [2.75, 3.05) is 20.1 Å². The van der Waals surface area contributed by atoms with Gasteiger partial charge in [-0.15, -0.1) is 0 Å². The lowest BCUT2D eigenvalue weighted by Crippen LogP contribution is -2.24. The number of hydrogen-bond acceptors (Lipinski definition) is 3. The molecule has 3 heteroatoms. The molecule has 0 fully saturated rings. The Morgan fingerprint density at radius 1 is 1.33 bits per heavy atom. The summed E-state index contributed by atoms with van der Waals surface area (Å²) in [6, 6.07) is 4.31. The molecule has 1 heterocycles. The van der Waals surface area contributed by atoms with Crippen LogP contribution in [0.5, 0.6) is 0 Å². The van der Waals surface area contributed by atoms with Crippen molar-refractivity contribution >= 4 is 0 Å². The van der Waals surface area contributed by atoms with Crippen molar-refractivity contribution in [1.82, 2.24) is 15.2 Å². The fraction of sp³-hybridized carbons (Fsp3) is 0.667. The van der Waals surface area contributed by atoms with Crippen LogP contribution in [-0.4, -0.2) is 30.0 Å². The predicted molar refractivity (Wildman–Crippen MR) is 77.4 cm³/mol. The van der Waals surface area contributed by atoms with E-state index in [1.807, 2.05) is 6.20 Å². The van der Waals surface area contributed by atoms with Crippen LogP contribution in [0.15, 0.2) is 18.3 Å². The normalized spacial score (nSPS) is 12.9. The second-order valence-corrected chi connectivity index (χ2v) is 5.15. The molecule has 1 rings (SSSR count). The molecule has 0 aromatic carbocycles. The van der Waals surface area contributed by atoms with Gasteiger partial charge in [-0.1, -0.05) is 33.3 Å². The zero-order valence-corrected chi connectivity index (χ0v) is 12.2. The van der Waals surface area contributed by atoms with E-state index in [1.165, 1.54) is 12.0 Å². The lowest BCUT2D eigenvalue weighted by Gasteiger charge is -2.20. The van der Waals surface area contributed by atoms with Gasteiger partial charge in [0, 0.05) is 25.8 Å². The summed E-state index contributed by atoms with van der Waals surface area (Å²) in [5.74, 6) is 0.753. The van der Waals surface area contributed by atoms with E-state index in [1.54, 1.807) is 0 Å². The summed E-state index contributed by atoms with van der Waals surface area (Å²) < 4.78 is 0. The Morgan fingerprint density at radius 2 is 2.11 bits per heavy atom. The lowest BCUT2D eigenvalue weighted by atomic mass is 10.1. The minimum absolute atomic E-state index is 0.753. The summed E-state index contributed by atoms with van der Waals surface area (Å²) in [6.45, 7) is 10.6. The Balaban J connectivity index is 2.42. The van der Waals surface area contributed by atoms with Gasteiger partial charge < -0.3 is 10.2 Å². The molecule has 102 valence electrons. The van der Waals surface area contributed by atoms with Crippen LogP contribution in [0.3, 0.4) is 0 Å². The summed E-state index contributed by atoms with van der Waals surface area (Å²) >= 11 is 0. The highest BCUT2D eigenvalue weighted by atomic mass is 15.1. The van der Waals surface area contributed by atoms with E-state index in [9.17, 15) is 0 Å². The topological polar surface area (TPSA) is 28.2 Å². The fourth-order valence-electron chi connectivity index (χ4n) is 1.92. The number of pyridine rings is 1. The fourth-order valence-corrected chi connectivity index (χ4v) is 1.92. The Bertz CT molecular complexity index is 321. The molecule has 1 atom stereocenters. The van der Waals surface area contributed by atoms with Crippen LogP contribution in [0.1, 0.15) is 38.4 Å². The largest absolute Gasteiger partial charge is 0.313 e. The minimum atomic E-state index is 0.753. The minimum Gasteiger partial charge on any atom is -0.313 e. The van der Waals surface area contributed by atoms with Gasteiger partial charge in [0.15, 0.2) is 0 Å². The maximum Gasteiger partial charge on any atom is 0.0544 e. The van der Waals surface area contributed by atoms with Crippen LogP contribution in [0.2, 0.25) is 0 Å². The maximum absolute atomic E-state index is 4.52. The van der Waals surface area contributed by atoms with Crippen molar-refractivity contribution < 1.29 is 0 Å². The molecule has 1 N–H and O–H groups in total. The molecule has 0 saturated heterocycles. The Hall–Kier alpha value is -0.930. The van der Waals surface area contributed by atoms with Crippen LogP contribution in [0.25, 0.3) is 0 Å². The standard InChI is InChI=1S/C15H27N3/c1-5-13(3)11-18(4)12-15-8-7-14(10-17-15)9-16-6-2/h7-8,10,13,16H,5-6,9,11-12H2,1-4H3. The Morgan fingerprint density at radius 3 is 2.67 bits per heavy atom. The molecule has 1 aromatic rings. The first-order valence-electron chi connectivity index (χ1n) is 6.98. The summed E-state index contributed by atoms with van der Waals surface area (Å²) in [5.41, 5.74) is 2.41. The van der Waals surface area contributed by atoms with E-state index >= 15 is 0 Å². The summed E-state index contributed by atoms with van der Waals surface area (Å²) in [7, 11) is 2.17. The van der Waals surface area contributed by atoms with Gasteiger partial charge in [-0.3, -0.25) is 4.98 Å². The zero-order valence-electron chi connectivity index (χ0n) is 12.2. The van der Waals surface area contributed by atoms with Gasteiger partial charge in [0.1, 0.15) is 0 Å². The average molecular weight is 249 g/mol. The average Bonchev–Trinajstić information content (AvgIpc) is 2.37. The third-order valence-electron chi connectivity index (χ3n) is 3.22. The lowest BCUT2D eigenvalue weighted by molar-refractivity contribution is 0.272. The van der Waals surface area contributed by atoms with Gasteiger partial charge in [0.2, 0.25) is 0 Å². The highest BCUT2D eigenvalue weighted by Gasteiger charge is 2.05. The molecule has 1 unspecified atom stereocenters. The summed E-state index contributed by atoms with van der Waals surface area (Å²) in [4.78, 5) is 6.87. The second-order valence-electron chi connectivity index (χ2n) is 5.15. The van der Waals surface area contributed by atoms with E-state index in [4.69, 9.17) is 0 Å². The molecule has 0 radical (unpaired) electrons. The molecule has 1 aromatic heterocycles. The molecule has 0 aliphatic carbocycles. The molecule has 18 heavy (non-hydrogen) atoms. The van der Waals surface area contributed by atoms with Crippen molar-refractivity contribution in [2.45, 2.75) is 40.3 Å². The first-order chi connectivity index (χ1) is 8.65. The van der Waals surface area contributed by atoms with E-state index in [-0.39, 0.29) is 0 Å². The molecule has 0 aliphatic heterocycles. The van der Waals surface area contributed by atoms with Crippen molar-refractivity contribution in [1.29, 1.82) is 0 Å². The van der Waals surface area contributed by atoms with Crippen molar-refractivity contribution in [3.05, 3.63) is 29.6 Å². The third-order valence-corrected chi connectivity index (χ3v) is 3.22. The number of rotatable bonds is 8. The summed E-state index contributed by atoms with van der Waals surface area (Å²) in [6.07, 6.45) is 3.22. The molecule has 0 bridgehead atoms. The van der Waals surface area contributed by atoms with E-state index < -0.39 is 0 Å². The van der Waals surface area contributed by atoms with E-state index in [2.05, 4.69) is 55.2 Å². The highest BCUT2D eigenvalue weighted by Crippen LogP contribution is 2.07. The maximum atomic E-state index is 4.52. The number of hydrogen-bond donors (Lipinski definition) is 1. The Labute approximate surface area is 112 Å². The van der Waals surface area contributed by atoms with Crippen LogP contribution < -0.4 is 5.32 Å². The summed E-state index contributed by atoms with van der Waals surface area (Å²) in [5, 5.41) is 3.31. The molecule has 0 spiro atoms. The van der Waals surface area contributed by atoms with Gasteiger partial charge in [0.25, 0.3) is 0 Å². The van der Waals surface area contributed by atoms with Crippen molar-refractivity contribution in [3.63, 3.8) is 0 Å². The SMILES string of the molecule is CCNCc1ccc(CN(C)CC(C)CC)nc1. The molecule has 0 amide bonds. The zero-order chi connectivity index (χ0) is 13.4. The van der Waals surface area contributed by atoms with Gasteiger partial charge in [-0.25, -0.2) is 0 Å². The monoisotopic (exact) mass is 249 g/mol. The number of nitrogens with one attached hydrogen (secondary N) is 1. The highest BCUT2D eigenvalue weighted by molar-refractivity contribution is 5.13. The van der Waals surface area contributed by atoms with Gasteiger partial charge in [0.05, 0.1) is 5.69 Å². The molecule has 3 nitrogen and oxygen atoms in total. The molecular weight excluding hydrogens is 222 g/mol. The number of nitrogens with zero attached hydrogens (tertiary/aromatic N) is 2. The van der Waals surface area contributed by atoms with Crippen molar-refractivity contribution in [2.24, 2.45) is 5.92 Å². The second kappa shape index (κ2) is 8.22. The van der Waals surface area contributed by atoms with E-state index in [0.29, 0.717) is 0 Å². The first-order valence-corrected chi connectivity index (χ1v) is 6.98. The molecule has 0 aliphatic rings.